The quantitative estimate of drug-likeness (QED) is 0.421. The van der Waals surface area contributed by atoms with Gasteiger partial charge in [-0.3, -0.25) is 9.59 Å². The molecule has 0 radical (unpaired) electrons. The third-order valence-electron chi connectivity index (χ3n) is 6.59. The Morgan fingerprint density at radius 3 is 2.11 bits per heavy atom. The van der Waals surface area contributed by atoms with Crippen LogP contribution in [0.1, 0.15) is 75.8 Å². The van der Waals surface area contributed by atoms with E-state index in [0.29, 0.717) is 16.8 Å². The number of alkyl carbamates (subject to hydrolysis) is 1. The van der Waals surface area contributed by atoms with E-state index in [2.05, 4.69) is 10.6 Å². The molecule has 3 rings (SSSR count). The first-order chi connectivity index (χ1) is 17.7. The number of aryl methyl sites for hydroxylation is 3. The van der Waals surface area contributed by atoms with Gasteiger partial charge in [0.15, 0.2) is 0 Å². The zero-order valence-corrected chi connectivity index (χ0v) is 23.7. The molecule has 8 nitrogen and oxygen atoms in total. The zero-order chi connectivity index (χ0) is 28.4. The third kappa shape index (κ3) is 7.05. The van der Waals surface area contributed by atoms with Gasteiger partial charge in [-0.2, -0.15) is 0 Å². The Kier molecular flexibility index (Phi) is 8.75. The van der Waals surface area contributed by atoms with E-state index in [1.165, 1.54) is 0 Å². The van der Waals surface area contributed by atoms with Crippen LogP contribution >= 0.6 is 0 Å². The van der Waals surface area contributed by atoms with Crippen molar-refractivity contribution < 1.29 is 24.2 Å². The summed E-state index contributed by atoms with van der Waals surface area (Å²) in [6.07, 6.45) is 0.831. The summed E-state index contributed by atoms with van der Waals surface area (Å²) >= 11 is 0. The minimum absolute atomic E-state index is 0.110. The molecule has 38 heavy (non-hydrogen) atoms. The molecule has 3 N–H and O–H groups in total. The van der Waals surface area contributed by atoms with Crippen molar-refractivity contribution in [1.29, 1.82) is 0 Å². The van der Waals surface area contributed by atoms with Gasteiger partial charge in [-0.25, -0.2) is 4.79 Å². The third-order valence-corrected chi connectivity index (χ3v) is 6.59. The van der Waals surface area contributed by atoms with E-state index in [1.807, 2.05) is 45.9 Å². The molecule has 2 aromatic rings. The molecule has 1 fully saturated rings. The number of carbonyl (C=O) groups excluding carboxylic acids is 3. The van der Waals surface area contributed by atoms with Gasteiger partial charge in [0.2, 0.25) is 5.91 Å². The fraction of sp³-hybridized carbons (Fsp3) is 0.500. The van der Waals surface area contributed by atoms with E-state index in [-0.39, 0.29) is 29.5 Å². The summed E-state index contributed by atoms with van der Waals surface area (Å²) in [5, 5.41) is 16.0. The number of para-hydroxylation sites is 1. The van der Waals surface area contributed by atoms with Crippen molar-refractivity contribution in [2.24, 2.45) is 5.92 Å². The van der Waals surface area contributed by atoms with E-state index in [9.17, 15) is 19.5 Å². The molecule has 0 aromatic heterocycles. The number of ether oxygens (including phenoxy) is 1. The van der Waals surface area contributed by atoms with Gasteiger partial charge in [0.05, 0.1) is 0 Å². The highest BCUT2D eigenvalue weighted by atomic mass is 16.6. The van der Waals surface area contributed by atoms with Crippen LogP contribution in [-0.4, -0.2) is 45.6 Å². The van der Waals surface area contributed by atoms with Crippen molar-refractivity contribution in [2.75, 3.05) is 5.32 Å². The van der Waals surface area contributed by atoms with Crippen molar-refractivity contribution in [2.45, 2.75) is 92.0 Å². The second-order valence-corrected chi connectivity index (χ2v) is 11.5. The van der Waals surface area contributed by atoms with Crippen molar-refractivity contribution >= 4 is 23.6 Å². The summed E-state index contributed by atoms with van der Waals surface area (Å²) in [5.41, 5.74) is 2.99. The van der Waals surface area contributed by atoms with E-state index in [4.69, 9.17) is 4.74 Å². The molecule has 8 heteroatoms. The number of nitrogens with one attached hydrogen (secondary N) is 2. The van der Waals surface area contributed by atoms with Crippen molar-refractivity contribution in [3.05, 3.63) is 58.7 Å². The number of nitrogens with zero attached hydrogens (tertiary/aromatic N) is 1. The minimum Gasteiger partial charge on any atom is -0.508 e. The molecule has 2 atom stereocenters. The molecule has 0 aliphatic heterocycles. The molecule has 2 unspecified atom stereocenters. The number of carbonyl (C=O) groups is 3. The molecular weight excluding hydrogens is 482 g/mol. The number of phenolic OH excluding ortho intramolecular Hbond substituents is 1. The Labute approximate surface area is 225 Å². The van der Waals surface area contributed by atoms with Crippen LogP contribution in [0.4, 0.5) is 10.5 Å². The van der Waals surface area contributed by atoms with E-state index >= 15 is 0 Å². The number of aromatic hydroxyl groups is 1. The van der Waals surface area contributed by atoms with Gasteiger partial charge in [0, 0.05) is 11.7 Å². The molecule has 1 saturated carbocycles. The number of rotatable bonds is 8. The average molecular weight is 524 g/mol. The number of hydrogen-bond donors (Lipinski definition) is 3. The van der Waals surface area contributed by atoms with Gasteiger partial charge in [0.1, 0.15) is 23.4 Å². The summed E-state index contributed by atoms with van der Waals surface area (Å²) in [4.78, 5) is 42.4. The Morgan fingerprint density at radius 1 is 1.00 bits per heavy atom. The SMILES string of the molecule is Cc1cc(C(C(=O)Nc2c(C)cccc2C)N(C(=O)C(NC(=O)OC(C)(C)C)C(C)C)C2CC2)ccc1O. The van der Waals surface area contributed by atoms with Crippen molar-refractivity contribution in [3.63, 3.8) is 0 Å². The highest BCUT2D eigenvalue weighted by molar-refractivity contribution is 6.00. The first-order valence-electron chi connectivity index (χ1n) is 13.2. The summed E-state index contributed by atoms with van der Waals surface area (Å²) in [6.45, 7) is 14.6. The smallest absolute Gasteiger partial charge is 0.408 e. The summed E-state index contributed by atoms with van der Waals surface area (Å²) in [5.74, 6) is -0.841. The van der Waals surface area contributed by atoms with Gasteiger partial charge in [-0.1, -0.05) is 38.1 Å². The van der Waals surface area contributed by atoms with Crippen LogP contribution in [0, 0.1) is 26.7 Å². The predicted molar refractivity (Wildman–Crippen MR) is 148 cm³/mol. The normalized spacial score (nSPS) is 15.0. The molecule has 0 saturated heterocycles. The predicted octanol–water partition coefficient (Wildman–Crippen LogP) is 5.54. The number of hydrogen-bond acceptors (Lipinski definition) is 5. The lowest BCUT2D eigenvalue weighted by Gasteiger charge is -2.36. The topological polar surface area (TPSA) is 108 Å². The Balaban J connectivity index is 2.04. The minimum atomic E-state index is -0.963. The molecule has 3 amide bonds. The van der Waals surface area contributed by atoms with E-state index in [0.717, 1.165) is 24.0 Å². The van der Waals surface area contributed by atoms with Crippen LogP contribution in [0.25, 0.3) is 0 Å². The van der Waals surface area contributed by atoms with Gasteiger partial charge in [-0.15, -0.1) is 0 Å². The second-order valence-electron chi connectivity index (χ2n) is 11.5. The van der Waals surface area contributed by atoms with Crippen LogP contribution in [-0.2, 0) is 14.3 Å². The highest BCUT2D eigenvalue weighted by Crippen LogP contribution is 2.38. The second kappa shape index (κ2) is 11.5. The van der Waals surface area contributed by atoms with E-state index < -0.39 is 23.8 Å². The number of benzene rings is 2. The largest absolute Gasteiger partial charge is 0.508 e. The van der Waals surface area contributed by atoms with Crippen LogP contribution in [0.5, 0.6) is 5.75 Å². The number of anilines is 1. The molecule has 1 aliphatic rings. The first kappa shape index (κ1) is 29.0. The Morgan fingerprint density at radius 2 is 1.61 bits per heavy atom. The van der Waals surface area contributed by atoms with Crippen LogP contribution < -0.4 is 10.6 Å². The van der Waals surface area contributed by atoms with Crippen LogP contribution in [0.15, 0.2) is 36.4 Å². The Bertz CT molecular complexity index is 1180. The molecule has 2 aromatic carbocycles. The molecule has 0 heterocycles. The lowest BCUT2D eigenvalue weighted by Crippen LogP contribution is -2.55. The Hall–Kier alpha value is -3.55. The summed E-state index contributed by atoms with van der Waals surface area (Å²) in [7, 11) is 0. The lowest BCUT2D eigenvalue weighted by molar-refractivity contribution is -0.142. The van der Waals surface area contributed by atoms with E-state index in [1.54, 1.807) is 50.8 Å². The lowest BCUT2D eigenvalue weighted by atomic mass is 9.97. The zero-order valence-electron chi connectivity index (χ0n) is 23.7. The summed E-state index contributed by atoms with van der Waals surface area (Å²) in [6, 6.07) is 8.72. The van der Waals surface area contributed by atoms with Gasteiger partial charge < -0.3 is 25.4 Å². The fourth-order valence-corrected chi connectivity index (χ4v) is 4.47. The molecule has 0 spiro atoms. The maximum absolute atomic E-state index is 14.2. The summed E-state index contributed by atoms with van der Waals surface area (Å²) < 4.78 is 5.42. The van der Waals surface area contributed by atoms with Crippen LogP contribution in [0.2, 0.25) is 0 Å². The molecule has 1 aliphatic carbocycles. The van der Waals surface area contributed by atoms with Crippen molar-refractivity contribution in [3.8, 4) is 5.75 Å². The standard InChI is InChI=1S/C30H41N3O5/c1-17(2)24(32-29(37)38-30(6,7)8)28(36)33(22-13-14-22)26(21-12-15-23(34)20(5)16-21)27(35)31-25-18(3)10-9-11-19(25)4/h9-12,15-17,22,24,26,34H,13-14H2,1-8H3,(H,31,35)(H,32,37). The molecule has 206 valence electrons. The fourth-order valence-electron chi connectivity index (χ4n) is 4.47. The first-order valence-corrected chi connectivity index (χ1v) is 13.2. The molecule has 0 bridgehead atoms. The monoisotopic (exact) mass is 523 g/mol. The number of amides is 3. The molecular formula is C30H41N3O5. The van der Waals surface area contributed by atoms with Gasteiger partial charge in [0.25, 0.3) is 5.91 Å². The average Bonchev–Trinajstić information content (AvgIpc) is 3.63. The highest BCUT2D eigenvalue weighted by Gasteiger charge is 2.45. The van der Waals surface area contributed by atoms with Crippen molar-refractivity contribution in [1.82, 2.24) is 10.2 Å². The van der Waals surface area contributed by atoms with Gasteiger partial charge in [-0.05, 0) is 94.7 Å². The van der Waals surface area contributed by atoms with Gasteiger partial charge >= 0.3 is 6.09 Å². The van der Waals surface area contributed by atoms with Crippen LogP contribution in [0.3, 0.4) is 0 Å². The maximum atomic E-state index is 14.2. The number of phenols is 1. The maximum Gasteiger partial charge on any atom is 0.408 e.